The maximum Gasteiger partial charge on any atom is 0.407 e. The van der Waals surface area contributed by atoms with Crippen LogP contribution < -0.4 is 11.1 Å². The van der Waals surface area contributed by atoms with Crippen molar-refractivity contribution in [3.8, 4) is 0 Å². The number of aliphatic hydroxyl groups is 2. The number of ether oxygens (including phenoxy) is 1. The van der Waals surface area contributed by atoms with Crippen LogP contribution >= 0.6 is 54.0 Å². The van der Waals surface area contributed by atoms with E-state index in [1.807, 2.05) is 20.8 Å². The van der Waals surface area contributed by atoms with Gasteiger partial charge >= 0.3 is 6.09 Å². The molecule has 0 unspecified atom stereocenters. The summed E-state index contributed by atoms with van der Waals surface area (Å²) in [4.78, 5) is 11.4. The summed E-state index contributed by atoms with van der Waals surface area (Å²) in [5, 5.41) is 21.4. The van der Waals surface area contributed by atoms with Crippen molar-refractivity contribution in [2.75, 3.05) is 0 Å². The lowest BCUT2D eigenvalue weighted by atomic mass is 9.93. The SMILES string of the molecule is C.CC(C)(C)OC(=O)N[C@H]1CCCC[C@@H]1O.N[C@H]1CCCC[C@@H]1O.S.S.S.S.[2H]CC. The number of nitrogens with one attached hydrogen (secondary N) is 1. The Morgan fingerprint density at radius 1 is 0.967 bits per heavy atom. The predicted molar refractivity (Wildman–Crippen MR) is 150 cm³/mol. The van der Waals surface area contributed by atoms with Gasteiger partial charge in [0, 0.05) is 7.41 Å². The van der Waals surface area contributed by atoms with Crippen LogP contribution in [0.25, 0.3) is 0 Å². The van der Waals surface area contributed by atoms with Crippen LogP contribution in [0.1, 0.15) is 94.8 Å². The molecule has 0 spiro atoms. The van der Waals surface area contributed by atoms with Crippen molar-refractivity contribution >= 4 is 60.1 Å². The molecule has 2 rings (SSSR count). The van der Waals surface area contributed by atoms with Crippen LogP contribution in [-0.2, 0) is 4.74 Å². The van der Waals surface area contributed by atoms with E-state index < -0.39 is 17.8 Å². The number of hydrogen-bond acceptors (Lipinski definition) is 5. The standard InChI is InChI=1S/C11H21NO3.C6H13NO.C2H6.CH4.4H2S/c1-11(2,3)15-10(14)12-8-6-4-5-7-9(8)13;7-5-3-1-2-4-6(5)8;1-2;;;;;/h8-9,13H,4-7H2,1-3H3,(H,12,14);5-6,8H,1-4,7H2;1-2H3;1H4;4*1H2/t8-,9-;5-,6-;;;;;;/m00....../s1/i;;1D;;;;;. The molecule has 1 amide bonds. The molecular formula is C20H52N2O4S4. The van der Waals surface area contributed by atoms with Crippen LogP contribution in [-0.4, -0.2) is 46.2 Å². The Kier molecular flexibility index (Phi) is 33.0. The molecule has 10 heteroatoms. The van der Waals surface area contributed by atoms with Crippen molar-refractivity contribution in [1.29, 1.82) is 0 Å². The first-order valence-corrected chi connectivity index (χ1v) is 9.51. The fourth-order valence-corrected chi connectivity index (χ4v) is 2.88. The molecule has 2 aliphatic carbocycles. The zero-order valence-electron chi connectivity index (χ0n) is 19.5. The summed E-state index contributed by atoms with van der Waals surface area (Å²) in [6.45, 7) is 7.76. The van der Waals surface area contributed by atoms with Crippen molar-refractivity contribution in [2.45, 2.75) is 123 Å². The maximum atomic E-state index is 11.4. The molecule has 0 heterocycles. The van der Waals surface area contributed by atoms with Gasteiger partial charge in [-0.05, 0) is 46.5 Å². The van der Waals surface area contributed by atoms with Crippen molar-refractivity contribution in [3.05, 3.63) is 0 Å². The molecule has 0 aromatic rings. The van der Waals surface area contributed by atoms with E-state index in [1.54, 1.807) is 6.92 Å². The topological polar surface area (TPSA) is 105 Å². The zero-order valence-corrected chi connectivity index (χ0v) is 22.5. The highest BCUT2D eigenvalue weighted by Crippen LogP contribution is 2.19. The van der Waals surface area contributed by atoms with Crippen LogP contribution in [0, 0.1) is 0 Å². The lowest BCUT2D eigenvalue weighted by molar-refractivity contribution is 0.0363. The monoisotopic (exact) mass is 513 g/mol. The quantitative estimate of drug-likeness (QED) is 0.421. The average molecular weight is 514 g/mol. The van der Waals surface area contributed by atoms with Crippen molar-refractivity contribution in [3.63, 3.8) is 0 Å². The van der Waals surface area contributed by atoms with Crippen LogP contribution in [0.15, 0.2) is 0 Å². The van der Waals surface area contributed by atoms with Gasteiger partial charge in [-0.2, -0.15) is 54.0 Å². The lowest BCUT2D eigenvalue weighted by Gasteiger charge is -2.29. The van der Waals surface area contributed by atoms with Gasteiger partial charge in [0.15, 0.2) is 0 Å². The Bertz CT molecular complexity index is 385. The predicted octanol–water partition coefficient (Wildman–Crippen LogP) is 4.18. The smallest absolute Gasteiger partial charge is 0.407 e. The van der Waals surface area contributed by atoms with E-state index in [9.17, 15) is 9.90 Å². The third kappa shape index (κ3) is 21.8. The van der Waals surface area contributed by atoms with E-state index in [-0.39, 0.29) is 79.6 Å². The van der Waals surface area contributed by atoms with Gasteiger partial charge in [0.1, 0.15) is 5.60 Å². The fourth-order valence-electron chi connectivity index (χ4n) is 2.88. The Hall–Kier alpha value is 0.550. The van der Waals surface area contributed by atoms with E-state index in [1.165, 1.54) is 6.42 Å². The average Bonchev–Trinajstić information content (AvgIpc) is 2.52. The molecule has 0 aromatic heterocycles. The molecule has 30 heavy (non-hydrogen) atoms. The molecule has 6 nitrogen and oxygen atoms in total. The molecule has 0 bridgehead atoms. The van der Waals surface area contributed by atoms with Gasteiger partial charge in [-0.1, -0.05) is 46.9 Å². The molecule has 0 radical (unpaired) electrons. The highest BCUT2D eigenvalue weighted by atomic mass is 32.1. The summed E-state index contributed by atoms with van der Waals surface area (Å²) in [5.41, 5.74) is 5.05. The number of alkyl carbamates (subject to hydrolysis) is 1. The first-order valence-electron chi connectivity index (χ1n) is 10.2. The fraction of sp³-hybridized carbons (Fsp3) is 0.950. The number of aliphatic hydroxyl groups excluding tert-OH is 2. The van der Waals surface area contributed by atoms with E-state index in [4.69, 9.17) is 16.9 Å². The summed E-state index contributed by atoms with van der Waals surface area (Å²) < 4.78 is 11.3. The van der Waals surface area contributed by atoms with Crippen LogP contribution in [0.5, 0.6) is 0 Å². The Morgan fingerprint density at radius 3 is 1.70 bits per heavy atom. The van der Waals surface area contributed by atoms with Gasteiger partial charge in [0.05, 0.1) is 18.2 Å². The van der Waals surface area contributed by atoms with Gasteiger partial charge in [-0.15, -0.1) is 0 Å². The molecule has 0 aliphatic heterocycles. The number of carbonyl (C=O) groups excluding carboxylic acids is 1. The Morgan fingerprint density at radius 2 is 1.37 bits per heavy atom. The molecule has 4 atom stereocenters. The minimum atomic E-state index is -0.482. The van der Waals surface area contributed by atoms with Crippen LogP contribution in [0.3, 0.4) is 0 Å². The largest absolute Gasteiger partial charge is 0.444 e. The molecular weight excluding hydrogens is 460 g/mol. The molecule has 2 aliphatic rings. The summed E-state index contributed by atoms with van der Waals surface area (Å²) in [5.74, 6) is 0. The Balaban J connectivity index is -0.0000000848. The molecule has 0 aromatic carbocycles. The van der Waals surface area contributed by atoms with Gasteiger partial charge in [0.25, 0.3) is 0 Å². The number of nitrogens with two attached hydrogens (primary N) is 1. The summed E-state index contributed by atoms with van der Waals surface area (Å²) in [6, 6.07) is -0.0858. The number of hydrogen-bond donors (Lipinski definition) is 4. The van der Waals surface area contributed by atoms with Gasteiger partial charge in [0.2, 0.25) is 0 Å². The first-order chi connectivity index (χ1) is 12.1. The number of rotatable bonds is 1. The Labute approximate surface area is 215 Å². The van der Waals surface area contributed by atoms with Crippen molar-refractivity contribution in [1.82, 2.24) is 5.32 Å². The summed E-state index contributed by atoms with van der Waals surface area (Å²) >= 11 is 0. The van der Waals surface area contributed by atoms with Gasteiger partial charge in [-0.25, -0.2) is 4.79 Å². The second kappa shape index (κ2) is 24.2. The second-order valence-corrected chi connectivity index (χ2v) is 7.62. The summed E-state index contributed by atoms with van der Waals surface area (Å²) in [7, 11) is 0. The minimum Gasteiger partial charge on any atom is -0.444 e. The molecule has 190 valence electrons. The van der Waals surface area contributed by atoms with Crippen LogP contribution in [0.4, 0.5) is 4.79 Å². The third-order valence-corrected chi connectivity index (χ3v) is 4.21. The van der Waals surface area contributed by atoms with Gasteiger partial charge in [-0.3, -0.25) is 0 Å². The third-order valence-electron chi connectivity index (χ3n) is 4.21. The normalized spacial score (nSPS) is 24.8. The summed E-state index contributed by atoms with van der Waals surface area (Å²) in [6.07, 6.45) is 6.85. The molecule has 2 fully saturated rings. The van der Waals surface area contributed by atoms with Crippen LogP contribution in [0.2, 0.25) is 0 Å². The molecule has 5 N–H and O–H groups in total. The number of amides is 1. The van der Waals surface area contributed by atoms with Crippen molar-refractivity contribution < 1.29 is 21.1 Å². The minimum absolute atomic E-state index is 0. The van der Waals surface area contributed by atoms with E-state index >= 15 is 0 Å². The van der Waals surface area contributed by atoms with E-state index in [0.29, 0.717) is 6.90 Å². The zero-order chi connectivity index (χ0) is 20.2. The lowest BCUT2D eigenvalue weighted by Crippen LogP contribution is -2.46. The maximum absolute atomic E-state index is 11.4. The highest BCUT2D eigenvalue weighted by Gasteiger charge is 2.26. The number of carbonyl (C=O) groups is 1. The molecule has 2 saturated carbocycles. The second-order valence-electron chi connectivity index (χ2n) is 7.62. The molecule has 0 saturated heterocycles. The van der Waals surface area contributed by atoms with Crippen molar-refractivity contribution in [2.24, 2.45) is 5.73 Å². The van der Waals surface area contributed by atoms with E-state index in [2.05, 4.69) is 5.32 Å². The van der Waals surface area contributed by atoms with Gasteiger partial charge < -0.3 is 26.0 Å². The first kappa shape index (κ1) is 40.9. The van der Waals surface area contributed by atoms with E-state index in [0.717, 1.165) is 44.9 Å². The highest BCUT2D eigenvalue weighted by molar-refractivity contribution is 7.59.